The average molecular weight is 242 g/mol. The summed E-state index contributed by atoms with van der Waals surface area (Å²) < 4.78 is 0. The van der Waals surface area contributed by atoms with Gasteiger partial charge in [0.05, 0.1) is 0 Å². The largest absolute Gasteiger partial charge is 0.388 e. The van der Waals surface area contributed by atoms with E-state index in [1.165, 1.54) is 0 Å². The maximum atomic E-state index is 5.50. The Balaban J connectivity index is 2.76. The van der Waals surface area contributed by atoms with Gasteiger partial charge in [-0.3, -0.25) is 0 Å². The molecule has 1 rings (SSSR count). The van der Waals surface area contributed by atoms with Gasteiger partial charge in [-0.25, -0.2) is 9.97 Å². The molecule has 0 bridgehead atoms. The van der Waals surface area contributed by atoms with Gasteiger partial charge in [0.15, 0.2) is 0 Å². The molecule has 0 spiro atoms. The fourth-order valence-electron chi connectivity index (χ4n) is 0.998. The normalized spacial score (nSPS) is 10.0. The van der Waals surface area contributed by atoms with E-state index in [0.717, 1.165) is 12.3 Å². The van der Waals surface area contributed by atoms with Gasteiger partial charge in [0.1, 0.15) is 10.7 Å². The molecule has 2 N–H and O–H groups in total. The molecule has 6 heteroatoms. The van der Waals surface area contributed by atoms with Gasteiger partial charge in [-0.15, -0.1) is 0 Å². The van der Waals surface area contributed by atoms with Crippen LogP contribution in [0.3, 0.4) is 0 Å². The fourth-order valence-corrected chi connectivity index (χ4v) is 1.57. The molecule has 0 radical (unpaired) electrons. The van der Waals surface area contributed by atoms with Crippen LogP contribution in [0.4, 0.5) is 5.95 Å². The molecular formula is C9H14N4S2. The smallest absolute Gasteiger partial charge is 0.225 e. The molecular weight excluding hydrogens is 228 g/mol. The van der Waals surface area contributed by atoms with E-state index in [9.17, 15) is 0 Å². The van der Waals surface area contributed by atoms with E-state index in [1.807, 2.05) is 11.9 Å². The molecule has 1 heterocycles. The fraction of sp³-hybridized carbons (Fsp3) is 0.444. The molecule has 1 aromatic rings. The topological polar surface area (TPSA) is 55.0 Å². The number of hydrogen-bond acceptors (Lipinski definition) is 5. The lowest BCUT2D eigenvalue weighted by molar-refractivity contribution is 0.905. The van der Waals surface area contributed by atoms with E-state index in [-0.39, 0.29) is 0 Å². The third kappa shape index (κ3) is 3.64. The lowest BCUT2D eigenvalue weighted by Gasteiger charge is -2.16. The van der Waals surface area contributed by atoms with Crippen LogP contribution in [0.5, 0.6) is 0 Å². The second-order valence-electron chi connectivity index (χ2n) is 3.02. The van der Waals surface area contributed by atoms with Crippen LogP contribution in [0.2, 0.25) is 0 Å². The van der Waals surface area contributed by atoms with Gasteiger partial charge in [-0.05, 0) is 12.3 Å². The molecule has 0 fully saturated rings. The molecule has 0 aliphatic heterocycles. The SMILES string of the molecule is CSCCN(C)c1nccc(C(N)=S)n1. The minimum atomic E-state index is 0.303. The number of nitrogens with two attached hydrogens (primary N) is 1. The van der Waals surface area contributed by atoms with E-state index in [0.29, 0.717) is 16.6 Å². The van der Waals surface area contributed by atoms with Gasteiger partial charge in [0.2, 0.25) is 5.95 Å². The highest BCUT2D eigenvalue weighted by molar-refractivity contribution is 7.98. The number of aromatic nitrogens is 2. The van der Waals surface area contributed by atoms with Crippen molar-refractivity contribution in [3.05, 3.63) is 18.0 Å². The maximum Gasteiger partial charge on any atom is 0.225 e. The van der Waals surface area contributed by atoms with Crippen LogP contribution in [-0.2, 0) is 0 Å². The van der Waals surface area contributed by atoms with Gasteiger partial charge >= 0.3 is 0 Å². The molecule has 15 heavy (non-hydrogen) atoms. The van der Waals surface area contributed by atoms with Gasteiger partial charge in [0, 0.05) is 25.5 Å². The van der Waals surface area contributed by atoms with Crippen molar-refractivity contribution in [2.24, 2.45) is 5.73 Å². The first-order valence-electron chi connectivity index (χ1n) is 4.48. The zero-order valence-corrected chi connectivity index (χ0v) is 10.4. The van der Waals surface area contributed by atoms with Crippen molar-refractivity contribution in [1.29, 1.82) is 0 Å². The van der Waals surface area contributed by atoms with Gasteiger partial charge in [0.25, 0.3) is 0 Å². The first kappa shape index (κ1) is 12.2. The molecule has 4 nitrogen and oxygen atoms in total. The van der Waals surface area contributed by atoms with Crippen molar-refractivity contribution >= 4 is 34.9 Å². The van der Waals surface area contributed by atoms with Crippen molar-refractivity contribution in [3.63, 3.8) is 0 Å². The molecule has 0 aromatic carbocycles. The molecule has 0 amide bonds. The summed E-state index contributed by atoms with van der Waals surface area (Å²) in [6, 6.07) is 1.72. The average Bonchev–Trinajstić information content (AvgIpc) is 2.26. The summed E-state index contributed by atoms with van der Waals surface area (Å²) in [6.07, 6.45) is 3.74. The Morgan fingerprint density at radius 1 is 1.67 bits per heavy atom. The Hall–Kier alpha value is -0.880. The zero-order valence-electron chi connectivity index (χ0n) is 8.80. The highest BCUT2D eigenvalue weighted by Gasteiger charge is 2.05. The first-order chi connectivity index (χ1) is 7.15. The van der Waals surface area contributed by atoms with Crippen LogP contribution in [0.25, 0.3) is 0 Å². The van der Waals surface area contributed by atoms with Crippen LogP contribution in [-0.4, -0.2) is 40.6 Å². The zero-order chi connectivity index (χ0) is 11.3. The second-order valence-corrected chi connectivity index (χ2v) is 4.45. The number of hydrogen-bond donors (Lipinski definition) is 1. The lowest BCUT2D eigenvalue weighted by Crippen LogP contribution is -2.24. The highest BCUT2D eigenvalue weighted by atomic mass is 32.2. The van der Waals surface area contributed by atoms with E-state index in [4.69, 9.17) is 18.0 Å². The summed E-state index contributed by atoms with van der Waals surface area (Å²) in [7, 11) is 1.95. The first-order valence-corrected chi connectivity index (χ1v) is 6.28. The molecule has 0 saturated heterocycles. The minimum absolute atomic E-state index is 0.303. The van der Waals surface area contributed by atoms with E-state index in [1.54, 1.807) is 24.0 Å². The van der Waals surface area contributed by atoms with Crippen LogP contribution >= 0.6 is 24.0 Å². The third-order valence-electron chi connectivity index (χ3n) is 1.87. The predicted molar refractivity (Wildman–Crippen MR) is 69.6 cm³/mol. The van der Waals surface area contributed by atoms with E-state index < -0.39 is 0 Å². The van der Waals surface area contributed by atoms with Gasteiger partial charge in [-0.2, -0.15) is 11.8 Å². The monoisotopic (exact) mass is 242 g/mol. The van der Waals surface area contributed by atoms with Gasteiger partial charge in [-0.1, -0.05) is 12.2 Å². The molecule has 0 unspecified atom stereocenters. The Morgan fingerprint density at radius 2 is 2.40 bits per heavy atom. The van der Waals surface area contributed by atoms with Crippen molar-refractivity contribution < 1.29 is 0 Å². The Labute approximate surface area is 99.3 Å². The molecule has 82 valence electrons. The van der Waals surface area contributed by atoms with Gasteiger partial charge < -0.3 is 10.6 Å². The summed E-state index contributed by atoms with van der Waals surface area (Å²) in [4.78, 5) is 10.7. The highest BCUT2D eigenvalue weighted by Crippen LogP contribution is 2.06. The Kier molecular flexibility index (Phi) is 4.77. The third-order valence-corrected chi connectivity index (χ3v) is 2.67. The number of anilines is 1. The molecule has 0 aliphatic carbocycles. The number of nitrogens with zero attached hydrogens (tertiary/aromatic N) is 3. The summed E-state index contributed by atoms with van der Waals surface area (Å²) in [5.74, 6) is 1.70. The standard InChI is InChI=1S/C9H14N4S2/c1-13(5-6-15-2)9-11-4-3-7(12-9)8(10)14/h3-4H,5-6H2,1-2H3,(H2,10,14). The van der Waals surface area contributed by atoms with Crippen LogP contribution < -0.4 is 10.6 Å². The Bertz CT molecular complexity index is 343. The number of thioether (sulfide) groups is 1. The number of thiocarbonyl (C=S) groups is 1. The van der Waals surface area contributed by atoms with E-state index in [2.05, 4.69) is 16.2 Å². The molecule has 1 aromatic heterocycles. The van der Waals surface area contributed by atoms with Crippen molar-refractivity contribution in [3.8, 4) is 0 Å². The summed E-state index contributed by atoms with van der Waals surface area (Å²) in [5.41, 5.74) is 6.12. The van der Waals surface area contributed by atoms with E-state index >= 15 is 0 Å². The summed E-state index contributed by atoms with van der Waals surface area (Å²) in [5, 5.41) is 0. The van der Waals surface area contributed by atoms with Crippen molar-refractivity contribution in [1.82, 2.24) is 9.97 Å². The van der Waals surface area contributed by atoms with Crippen molar-refractivity contribution in [2.75, 3.05) is 30.5 Å². The quantitative estimate of drug-likeness (QED) is 0.775. The minimum Gasteiger partial charge on any atom is -0.388 e. The Morgan fingerprint density at radius 3 is 3.00 bits per heavy atom. The van der Waals surface area contributed by atoms with Crippen LogP contribution in [0.1, 0.15) is 5.69 Å². The molecule has 0 atom stereocenters. The van der Waals surface area contributed by atoms with Crippen LogP contribution in [0.15, 0.2) is 12.3 Å². The van der Waals surface area contributed by atoms with Crippen molar-refractivity contribution in [2.45, 2.75) is 0 Å². The lowest BCUT2D eigenvalue weighted by atomic mass is 10.4. The summed E-state index contributed by atoms with van der Waals surface area (Å²) >= 11 is 6.65. The molecule has 0 saturated carbocycles. The maximum absolute atomic E-state index is 5.50. The summed E-state index contributed by atoms with van der Waals surface area (Å²) in [6.45, 7) is 0.905. The number of rotatable bonds is 5. The van der Waals surface area contributed by atoms with Crippen LogP contribution in [0, 0.1) is 0 Å². The predicted octanol–water partition coefficient (Wildman–Crippen LogP) is 0.910. The molecule has 0 aliphatic rings. The second kappa shape index (κ2) is 5.87.